The number of rotatable bonds is 6. The summed E-state index contributed by atoms with van der Waals surface area (Å²) in [4.78, 5) is 6.39. The third-order valence-electron chi connectivity index (χ3n) is 3.13. The summed E-state index contributed by atoms with van der Waals surface area (Å²) < 4.78 is 5.54. The summed E-state index contributed by atoms with van der Waals surface area (Å²) in [5.74, 6) is 1.48. The van der Waals surface area contributed by atoms with Crippen LogP contribution in [0.25, 0.3) is 11.3 Å². The molecule has 0 saturated carbocycles. The Kier molecular flexibility index (Phi) is 4.79. The lowest BCUT2D eigenvalue weighted by molar-refractivity contribution is 0.545. The molecule has 0 aliphatic carbocycles. The zero-order valence-electron chi connectivity index (χ0n) is 12.7. The average Bonchev–Trinajstić information content (AvgIpc) is 2.87. The van der Waals surface area contributed by atoms with E-state index >= 15 is 0 Å². The number of nitrogens with one attached hydrogen (secondary N) is 1. The molecule has 0 saturated heterocycles. The molecule has 0 radical (unpaired) electrons. The van der Waals surface area contributed by atoms with Gasteiger partial charge in [0.15, 0.2) is 12.2 Å². The van der Waals surface area contributed by atoms with E-state index < -0.39 is 0 Å². The van der Waals surface area contributed by atoms with Gasteiger partial charge in [-0.3, -0.25) is 0 Å². The van der Waals surface area contributed by atoms with Crippen molar-refractivity contribution in [2.24, 2.45) is 5.92 Å². The molecule has 2 rings (SSSR count). The second-order valence-electron chi connectivity index (χ2n) is 5.59. The van der Waals surface area contributed by atoms with Gasteiger partial charge in [-0.2, -0.15) is 0 Å². The first-order valence-electron chi connectivity index (χ1n) is 6.98. The van der Waals surface area contributed by atoms with Crippen LogP contribution in [0.15, 0.2) is 35.1 Å². The summed E-state index contributed by atoms with van der Waals surface area (Å²) in [5.41, 5.74) is 3.20. The molecule has 0 fully saturated rings. The Balaban J connectivity index is 2.10. The maximum absolute atomic E-state index is 5.54. The number of hydrogen-bond donors (Lipinski definition) is 1. The van der Waals surface area contributed by atoms with Crippen LogP contribution in [0.2, 0.25) is 0 Å². The van der Waals surface area contributed by atoms with Gasteiger partial charge in [0, 0.05) is 31.9 Å². The van der Waals surface area contributed by atoms with Crippen molar-refractivity contribution in [3.05, 3.63) is 36.4 Å². The molecule has 4 nitrogen and oxygen atoms in total. The molecular weight excluding hydrogens is 250 g/mol. The fraction of sp³-hybridized carbons (Fsp3) is 0.438. The largest absolute Gasteiger partial charge is 0.443 e. The number of aromatic nitrogens is 1. The van der Waals surface area contributed by atoms with Crippen LogP contribution in [0, 0.1) is 5.92 Å². The van der Waals surface area contributed by atoms with Gasteiger partial charge >= 0.3 is 0 Å². The Bertz CT molecular complexity index is 529. The zero-order chi connectivity index (χ0) is 14.5. The van der Waals surface area contributed by atoms with Gasteiger partial charge in [0.05, 0.1) is 0 Å². The minimum absolute atomic E-state index is 0.629. The monoisotopic (exact) mass is 273 g/mol. The highest BCUT2D eigenvalue weighted by Crippen LogP contribution is 2.25. The minimum atomic E-state index is 0.629. The van der Waals surface area contributed by atoms with Crippen LogP contribution in [0.1, 0.15) is 19.5 Å². The molecule has 108 valence electrons. The third kappa shape index (κ3) is 3.61. The van der Waals surface area contributed by atoms with Crippen molar-refractivity contribution in [1.29, 1.82) is 0 Å². The topological polar surface area (TPSA) is 41.3 Å². The summed E-state index contributed by atoms with van der Waals surface area (Å²) in [6, 6.07) is 8.32. The second kappa shape index (κ2) is 6.57. The average molecular weight is 273 g/mol. The predicted molar refractivity (Wildman–Crippen MR) is 82.8 cm³/mol. The van der Waals surface area contributed by atoms with E-state index in [0.29, 0.717) is 5.92 Å². The van der Waals surface area contributed by atoms with Crippen LogP contribution in [-0.2, 0) is 6.54 Å². The van der Waals surface area contributed by atoms with E-state index in [2.05, 4.69) is 53.3 Å². The highest BCUT2D eigenvalue weighted by molar-refractivity contribution is 5.63. The van der Waals surface area contributed by atoms with Gasteiger partial charge in [-0.05, 0) is 36.7 Å². The molecule has 0 atom stereocenters. The zero-order valence-corrected chi connectivity index (χ0v) is 12.7. The number of benzene rings is 1. The highest BCUT2D eigenvalue weighted by Gasteiger charge is 2.10. The lowest BCUT2D eigenvalue weighted by atomic mass is 10.1. The quantitative estimate of drug-likeness (QED) is 0.878. The molecule has 1 heterocycles. The standard InChI is InChI=1S/C16H23N3O/c1-12(2)9-17-10-15-16(20-11-18-15)13-5-7-14(8-6-13)19(3)4/h5-8,11-12,17H,9-10H2,1-4H3. The van der Waals surface area contributed by atoms with E-state index in [1.165, 1.54) is 12.1 Å². The van der Waals surface area contributed by atoms with Crippen molar-refractivity contribution in [2.75, 3.05) is 25.5 Å². The first kappa shape index (κ1) is 14.6. The fourth-order valence-electron chi connectivity index (χ4n) is 2.02. The molecule has 2 aromatic rings. The van der Waals surface area contributed by atoms with E-state index in [4.69, 9.17) is 4.42 Å². The Morgan fingerprint density at radius 2 is 1.90 bits per heavy atom. The van der Waals surface area contributed by atoms with E-state index in [-0.39, 0.29) is 0 Å². The normalized spacial score (nSPS) is 11.1. The number of oxazole rings is 1. The second-order valence-corrected chi connectivity index (χ2v) is 5.59. The van der Waals surface area contributed by atoms with Crippen LogP contribution in [0.5, 0.6) is 0 Å². The lowest BCUT2D eigenvalue weighted by Crippen LogP contribution is -2.19. The van der Waals surface area contributed by atoms with Crippen LogP contribution in [0.3, 0.4) is 0 Å². The van der Waals surface area contributed by atoms with Crippen molar-refractivity contribution < 1.29 is 4.42 Å². The molecule has 0 aliphatic heterocycles. The molecule has 4 heteroatoms. The molecular formula is C16H23N3O. The van der Waals surface area contributed by atoms with E-state index in [1.807, 2.05) is 14.1 Å². The molecule has 20 heavy (non-hydrogen) atoms. The summed E-state index contributed by atoms with van der Waals surface area (Å²) in [5, 5.41) is 3.40. The summed E-state index contributed by atoms with van der Waals surface area (Å²) >= 11 is 0. The number of nitrogens with zero attached hydrogens (tertiary/aromatic N) is 2. The Morgan fingerprint density at radius 1 is 1.20 bits per heavy atom. The van der Waals surface area contributed by atoms with Gasteiger partial charge in [-0.25, -0.2) is 4.98 Å². The van der Waals surface area contributed by atoms with Crippen LogP contribution >= 0.6 is 0 Å². The fourth-order valence-corrected chi connectivity index (χ4v) is 2.02. The molecule has 0 spiro atoms. The molecule has 0 bridgehead atoms. The smallest absolute Gasteiger partial charge is 0.181 e. The summed E-state index contributed by atoms with van der Waals surface area (Å²) in [6.07, 6.45) is 1.52. The molecule has 0 amide bonds. The van der Waals surface area contributed by atoms with Gasteiger partial charge in [0.1, 0.15) is 5.69 Å². The predicted octanol–water partition coefficient (Wildman–Crippen LogP) is 3.15. The van der Waals surface area contributed by atoms with Gasteiger partial charge in [0.2, 0.25) is 0 Å². The van der Waals surface area contributed by atoms with Gasteiger partial charge in [0.25, 0.3) is 0 Å². The van der Waals surface area contributed by atoms with Crippen molar-refractivity contribution in [2.45, 2.75) is 20.4 Å². The van der Waals surface area contributed by atoms with Crippen molar-refractivity contribution in [1.82, 2.24) is 10.3 Å². The van der Waals surface area contributed by atoms with Crippen LogP contribution in [0.4, 0.5) is 5.69 Å². The first-order chi connectivity index (χ1) is 9.58. The van der Waals surface area contributed by atoms with Crippen molar-refractivity contribution >= 4 is 5.69 Å². The van der Waals surface area contributed by atoms with E-state index in [0.717, 1.165) is 30.1 Å². The molecule has 0 aliphatic rings. The molecule has 1 aromatic carbocycles. The van der Waals surface area contributed by atoms with Crippen molar-refractivity contribution in [3.8, 4) is 11.3 Å². The Labute approximate surface area is 120 Å². The molecule has 1 N–H and O–H groups in total. The Hall–Kier alpha value is -1.81. The van der Waals surface area contributed by atoms with Gasteiger partial charge < -0.3 is 14.6 Å². The third-order valence-corrected chi connectivity index (χ3v) is 3.13. The summed E-state index contributed by atoms with van der Waals surface area (Å²) in [6.45, 7) is 6.10. The van der Waals surface area contributed by atoms with Gasteiger partial charge in [-0.1, -0.05) is 13.8 Å². The van der Waals surface area contributed by atoms with E-state index in [1.54, 1.807) is 0 Å². The Morgan fingerprint density at radius 3 is 2.50 bits per heavy atom. The number of anilines is 1. The first-order valence-corrected chi connectivity index (χ1v) is 6.98. The van der Waals surface area contributed by atoms with Crippen molar-refractivity contribution in [3.63, 3.8) is 0 Å². The maximum atomic E-state index is 5.54. The maximum Gasteiger partial charge on any atom is 0.181 e. The number of hydrogen-bond acceptors (Lipinski definition) is 4. The SMILES string of the molecule is CC(C)CNCc1ncoc1-c1ccc(N(C)C)cc1. The lowest BCUT2D eigenvalue weighted by Gasteiger charge is -2.12. The van der Waals surface area contributed by atoms with Crippen LogP contribution in [-0.4, -0.2) is 25.6 Å². The minimum Gasteiger partial charge on any atom is -0.443 e. The van der Waals surface area contributed by atoms with E-state index in [9.17, 15) is 0 Å². The van der Waals surface area contributed by atoms with Gasteiger partial charge in [-0.15, -0.1) is 0 Å². The highest BCUT2D eigenvalue weighted by atomic mass is 16.3. The van der Waals surface area contributed by atoms with Crippen LogP contribution < -0.4 is 10.2 Å². The molecule has 1 aromatic heterocycles. The molecule has 0 unspecified atom stereocenters. The summed E-state index contributed by atoms with van der Waals surface area (Å²) in [7, 11) is 4.06.